The van der Waals surface area contributed by atoms with Crippen LogP contribution in [0.25, 0.3) is 0 Å². The molecular formula is C5H5FIN. The largest absolute Gasteiger partial charge is 0.228 e. The predicted molar refractivity (Wildman–Crippen MR) is 39.6 cm³/mol. The molecule has 0 bridgehead atoms. The van der Waals surface area contributed by atoms with E-state index in [9.17, 15) is 4.39 Å². The molecule has 0 spiro atoms. The lowest BCUT2D eigenvalue weighted by atomic mass is 10.5. The zero-order valence-electron chi connectivity index (χ0n) is 4.04. The average Bonchev–Trinajstić information content (AvgIpc) is 1.69. The van der Waals surface area contributed by atoms with Crippen molar-refractivity contribution in [3.63, 3.8) is 0 Å². The van der Waals surface area contributed by atoms with Crippen molar-refractivity contribution in [2.45, 2.75) is 0 Å². The molecule has 0 saturated carbocycles. The van der Waals surface area contributed by atoms with E-state index in [-0.39, 0.29) is 24.0 Å². The smallest absolute Gasteiger partial charge is 0.212 e. The van der Waals surface area contributed by atoms with Gasteiger partial charge in [0.1, 0.15) is 0 Å². The molecule has 44 valence electrons. The van der Waals surface area contributed by atoms with Gasteiger partial charge in [0.25, 0.3) is 0 Å². The van der Waals surface area contributed by atoms with Crippen molar-refractivity contribution in [2.75, 3.05) is 0 Å². The summed E-state index contributed by atoms with van der Waals surface area (Å²) in [6.07, 6.45) is 1.41. The van der Waals surface area contributed by atoms with Crippen molar-refractivity contribution in [3.8, 4) is 0 Å². The molecule has 0 saturated heterocycles. The van der Waals surface area contributed by atoms with Crippen molar-refractivity contribution in [1.82, 2.24) is 4.98 Å². The molecular weight excluding hydrogens is 220 g/mol. The maximum atomic E-state index is 11.8. The second-order valence-corrected chi connectivity index (χ2v) is 1.15. The lowest BCUT2D eigenvalue weighted by Crippen LogP contribution is -1.73. The summed E-state index contributed by atoms with van der Waals surface area (Å²) < 4.78 is 11.8. The Morgan fingerprint density at radius 1 is 1.38 bits per heavy atom. The van der Waals surface area contributed by atoms with Gasteiger partial charge in [-0.3, -0.25) is 0 Å². The third kappa shape index (κ3) is 2.20. The molecule has 1 aromatic heterocycles. The van der Waals surface area contributed by atoms with Gasteiger partial charge in [-0.05, 0) is 12.1 Å². The Kier molecular flexibility index (Phi) is 3.68. The molecule has 1 nitrogen and oxygen atoms in total. The van der Waals surface area contributed by atoms with Crippen LogP contribution in [-0.4, -0.2) is 4.98 Å². The molecule has 8 heavy (non-hydrogen) atoms. The summed E-state index contributed by atoms with van der Waals surface area (Å²) in [5.74, 6) is -0.428. The van der Waals surface area contributed by atoms with E-state index in [1.54, 1.807) is 12.1 Å². The van der Waals surface area contributed by atoms with E-state index in [4.69, 9.17) is 0 Å². The first-order chi connectivity index (χ1) is 3.39. The fourth-order valence-corrected chi connectivity index (χ4v) is 0.342. The highest BCUT2D eigenvalue weighted by Gasteiger charge is 1.78. The Labute approximate surface area is 64.0 Å². The molecule has 0 radical (unpaired) electrons. The maximum absolute atomic E-state index is 11.8. The van der Waals surface area contributed by atoms with Gasteiger partial charge in [-0.1, -0.05) is 6.07 Å². The van der Waals surface area contributed by atoms with Crippen molar-refractivity contribution in [3.05, 3.63) is 30.3 Å². The van der Waals surface area contributed by atoms with E-state index in [1.165, 1.54) is 12.3 Å². The summed E-state index contributed by atoms with van der Waals surface area (Å²) in [4.78, 5) is 3.31. The topological polar surface area (TPSA) is 12.9 Å². The Balaban J connectivity index is 0.000000490. The second-order valence-electron chi connectivity index (χ2n) is 1.15. The van der Waals surface area contributed by atoms with Crippen LogP contribution in [0, 0.1) is 5.95 Å². The predicted octanol–water partition coefficient (Wildman–Crippen LogP) is 1.84. The van der Waals surface area contributed by atoms with Gasteiger partial charge in [0.15, 0.2) is 0 Å². The van der Waals surface area contributed by atoms with Crippen LogP contribution in [0.2, 0.25) is 0 Å². The second kappa shape index (κ2) is 3.77. The zero-order valence-corrected chi connectivity index (χ0v) is 6.37. The van der Waals surface area contributed by atoms with Crippen molar-refractivity contribution in [2.24, 2.45) is 0 Å². The summed E-state index contributed by atoms with van der Waals surface area (Å²) in [6.45, 7) is 0. The lowest BCUT2D eigenvalue weighted by Gasteiger charge is -1.78. The van der Waals surface area contributed by atoms with E-state index in [1.807, 2.05) is 0 Å². The Hall–Kier alpha value is -0.190. The first kappa shape index (κ1) is 7.81. The highest BCUT2D eigenvalue weighted by Crippen LogP contribution is 1.85. The molecule has 0 aliphatic rings. The molecule has 0 aliphatic carbocycles. The van der Waals surface area contributed by atoms with Crippen LogP contribution < -0.4 is 0 Å². The first-order valence-corrected chi connectivity index (χ1v) is 1.96. The number of hydrogen-bond donors (Lipinski definition) is 0. The summed E-state index contributed by atoms with van der Waals surface area (Å²) in [5.41, 5.74) is 0. The van der Waals surface area contributed by atoms with Gasteiger partial charge in [-0.25, -0.2) is 4.98 Å². The van der Waals surface area contributed by atoms with Gasteiger partial charge in [-0.2, -0.15) is 4.39 Å². The van der Waals surface area contributed by atoms with Crippen LogP contribution in [0.3, 0.4) is 0 Å². The minimum Gasteiger partial charge on any atom is -0.228 e. The van der Waals surface area contributed by atoms with Gasteiger partial charge in [0.2, 0.25) is 5.95 Å². The first-order valence-electron chi connectivity index (χ1n) is 1.96. The van der Waals surface area contributed by atoms with Gasteiger partial charge in [0.05, 0.1) is 0 Å². The fraction of sp³-hybridized carbons (Fsp3) is 0. The number of aromatic nitrogens is 1. The van der Waals surface area contributed by atoms with Crippen LogP contribution in [0.4, 0.5) is 4.39 Å². The third-order valence-corrected chi connectivity index (χ3v) is 0.629. The summed E-state index contributed by atoms with van der Waals surface area (Å²) in [6, 6.07) is 4.57. The molecule has 0 aliphatic heterocycles. The highest BCUT2D eigenvalue weighted by atomic mass is 127. The van der Waals surface area contributed by atoms with E-state index in [0.29, 0.717) is 0 Å². The standard InChI is InChI=1S/C5H4FN.HI/c6-5-3-1-2-4-7-5;/h1-4H;1H. The van der Waals surface area contributed by atoms with Gasteiger partial charge >= 0.3 is 0 Å². The monoisotopic (exact) mass is 225 g/mol. The Morgan fingerprint density at radius 2 is 2.12 bits per heavy atom. The molecule has 1 rings (SSSR count). The minimum atomic E-state index is -0.428. The van der Waals surface area contributed by atoms with Crippen molar-refractivity contribution >= 4 is 24.0 Å². The number of pyridine rings is 1. The molecule has 1 aromatic rings. The molecule has 0 N–H and O–H groups in total. The summed E-state index contributed by atoms with van der Waals surface area (Å²) >= 11 is 0. The van der Waals surface area contributed by atoms with Gasteiger partial charge in [-0.15, -0.1) is 24.0 Å². The SMILES string of the molecule is Fc1ccccn1.I. The number of halogens is 2. The summed E-state index contributed by atoms with van der Waals surface area (Å²) in [5, 5.41) is 0. The van der Waals surface area contributed by atoms with E-state index in [2.05, 4.69) is 4.98 Å². The van der Waals surface area contributed by atoms with E-state index < -0.39 is 5.95 Å². The molecule has 0 atom stereocenters. The minimum absolute atomic E-state index is 0. The van der Waals surface area contributed by atoms with Crippen molar-refractivity contribution in [1.29, 1.82) is 0 Å². The van der Waals surface area contributed by atoms with Crippen LogP contribution in [0.15, 0.2) is 24.4 Å². The molecule has 3 heteroatoms. The van der Waals surface area contributed by atoms with Crippen LogP contribution in [0.1, 0.15) is 0 Å². The maximum Gasteiger partial charge on any atom is 0.212 e. The number of nitrogens with zero attached hydrogens (tertiary/aromatic N) is 1. The van der Waals surface area contributed by atoms with Gasteiger partial charge < -0.3 is 0 Å². The van der Waals surface area contributed by atoms with Gasteiger partial charge in [0, 0.05) is 6.20 Å². The Morgan fingerprint density at radius 3 is 2.38 bits per heavy atom. The fourth-order valence-electron chi connectivity index (χ4n) is 0.342. The average molecular weight is 225 g/mol. The summed E-state index contributed by atoms with van der Waals surface area (Å²) in [7, 11) is 0. The molecule has 0 amide bonds. The molecule has 0 aromatic carbocycles. The van der Waals surface area contributed by atoms with E-state index >= 15 is 0 Å². The number of rotatable bonds is 0. The van der Waals surface area contributed by atoms with Crippen LogP contribution in [-0.2, 0) is 0 Å². The van der Waals surface area contributed by atoms with E-state index in [0.717, 1.165) is 0 Å². The Bertz CT molecular complexity index is 142. The molecule has 0 fully saturated rings. The number of hydrogen-bond acceptors (Lipinski definition) is 1. The normalized spacial score (nSPS) is 7.62. The zero-order chi connectivity index (χ0) is 5.11. The van der Waals surface area contributed by atoms with Crippen LogP contribution >= 0.6 is 24.0 Å². The third-order valence-electron chi connectivity index (χ3n) is 0.629. The quantitative estimate of drug-likeness (QED) is 0.484. The van der Waals surface area contributed by atoms with Crippen molar-refractivity contribution < 1.29 is 4.39 Å². The lowest BCUT2D eigenvalue weighted by molar-refractivity contribution is 0.584. The van der Waals surface area contributed by atoms with Crippen LogP contribution in [0.5, 0.6) is 0 Å². The highest BCUT2D eigenvalue weighted by molar-refractivity contribution is 14.0. The molecule has 0 unspecified atom stereocenters. The molecule has 1 heterocycles.